The minimum absolute atomic E-state index is 0.0615. The molecule has 176 valence electrons. The third kappa shape index (κ3) is 6.50. The fourth-order valence-electron chi connectivity index (χ4n) is 4.01. The van der Waals surface area contributed by atoms with Gasteiger partial charge in [-0.05, 0) is 56.7 Å². The first-order valence-corrected chi connectivity index (χ1v) is 11.1. The van der Waals surface area contributed by atoms with Crippen molar-refractivity contribution in [3.8, 4) is 5.75 Å². The summed E-state index contributed by atoms with van der Waals surface area (Å²) in [5.41, 5.74) is 2.06. The Morgan fingerprint density at radius 3 is 2.70 bits per heavy atom. The van der Waals surface area contributed by atoms with Gasteiger partial charge in [0, 0.05) is 24.9 Å². The number of amides is 2. The largest absolute Gasteiger partial charge is 0.497 e. The molecule has 0 radical (unpaired) electrons. The molecule has 1 aromatic carbocycles. The number of ether oxygens (including phenoxy) is 1. The first-order valence-electron chi connectivity index (χ1n) is 11.1. The van der Waals surface area contributed by atoms with E-state index in [1.54, 1.807) is 13.3 Å². The Bertz CT molecular complexity index is 985. The van der Waals surface area contributed by atoms with Crippen molar-refractivity contribution in [3.05, 3.63) is 47.5 Å². The summed E-state index contributed by atoms with van der Waals surface area (Å²) < 4.78 is 5.17. The van der Waals surface area contributed by atoms with Crippen molar-refractivity contribution in [1.29, 1.82) is 0 Å². The summed E-state index contributed by atoms with van der Waals surface area (Å²) >= 11 is 0. The van der Waals surface area contributed by atoms with Gasteiger partial charge in [0.1, 0.15) is 23.9 Å². The molecule has 2 unspecified atom stereocenters. The van der Waals surface area contributed by atoms with Crippen LogP contribution < -0.4 is 10.1 Å². The number of ketones is 1. The highest BCUT2D eigenvalue weighted by molar-refractivity contribution is 5.96. The second-order valence-electron chi connectivity index (χ2n) is 8.27. The number of carbonyl (C=O) groups is 4. The smallest absolute Gasteiger partial charge is 0.290 e. The Balaban J connectivity index is 1.55. The van der Waals surface area contributed by atoms with E-state index < -0.39 is 18.0 Å². The van der Waals surface area contributed by atoms with Crippen LogP contribution in [-0.2, 0) is 27.2 Å². The molecule has 1 aliphatic heterocycles. The molecule has 3 rings (SSSR count). The van der Waals surface area contributed by atoms with Crippen LogP contribution >= 0.6 is 0 Å². The maximum atomic E-state index is 13.0. The number of imidazole rings is 1. The molecule has 9 nitrogen and oxygen atoms in total. The number of likely N-dealkylation sites (tertiary alicyclic amines) is 1. The molecule has 2 N–H and O–H groups in total. The van der Waals surface area contributed by atoms with Gasteiger partial charge in [0.25, 0.3) is 5.91 Å². The minimum atomic E-state index is -0.881. The fourth-order valence-corrected chi connectivity index (χ4v) is 4.01. The van der Waals surface area contributed by atoms with Gasteiger partial charge in [-0.1, -0.05) is 12.1 Å². The molecule has 2 heterocycles. The summed E-state index contributed by atoms with van der Waals surface area (Å²) in [6, 6.07) is 6.37. The van der Waals surface area contributed by atoms with Gasteiger partial charge in [0.15, 0.2) is 5.82 Å². The van der Waals surface area contributed by atoms with E-state index in [0.717, 1.165) is 30.7 Å². The van der Waals surface area contributed by atoms with Gasteiger partial charge < -0.3 is 24.7 Å². The van der Waals surface area contributed by atoms with Crippen LogP contribution in [0.2, 0.25) is 0 Å². The minimum Gasteiger partial charge on any atom is -0.497 e. The number of benzene rings is 1. The lowest BCUT2D eigenvalue weighted by Gasteiger charge is -2.24. The summed E-state index contributed by atoms with van der Waals surface area (Å²) in [5, 5.41) is 2.57. The van der Waals surface area contributed by atoms with Gasteiger partial charge in [-0.15, -0.1) is 0 Å². The molecule has 33 heavy (non-hydrogen) atoms. The van der Waals surface area contributed by atoms with E-state index in [0.29, 0.717) is 25.7 Å². The molecule has 1 aromatic heterocycles. The number of carbonyl (C=O) groups excluding carboxylic acids is 4. The van der Waals surface area contributed by atoms with Crippen molar-refractivity contribution in [2.75, 3.05) is 13.7 Å². The van der Waals surface area contributed by atoms with Crippen LogP contribution in [0, 0.1) is 0 Å². The SMILES string of the molecule is COc1ccc(CCCc2cnc(C(=O)N3CCCC3C(=O)NC(C=O)CC(C)=O)[nH]2)cc1. The number of nitrogens with zero attached hydrogens (tertiary/aromatic N) is 2. The number of aromatic nitrogens is 2. The number of H-pyrrole nitrogens is 1. The standard InChI is InChI=1S/C24H30N4O5/c1-16(30)13-19(15-29)27-23(31)21-7-4-12-28(21)24(32)22-25-14-18(26-22)6-3-5-17-8-10-20(33-2)11-9-17/h8-11,14-15,19,21H,3-7,12-13H2,1-2H3,(H,25,26)(H,27,31). The highest BCUT2D eigenvalue weighted by atomic mass is 16.5. The monoisotopic (exact) mass is 454 g/mol. The number of aldehydes is 1. The Kier molecular flexibility index (Phi) is 8.34. The second-order valence-corrected chi connectivity index (χ2v) is 8.27. The first-order chi connectivity index (χ1) is 15.9. The van der Waals surface area contributed by atoms with E-state index >= 15 is 0 Å². The number of aromatic amines is 1. The summed E-state index contributed by atoms with van der Waals surface area (Å²) in [4.78, 5) is 56.8. The number of methoxy groups -OCH3 is 1. The molecule has 2 aromatic rings. The Hall–Kier alpha value is -3.49. The van der Waals surface area contributed by atoms with Crippen molar-refractivity contribution in [2.45, 2.75) is 57.5 Å². The fraction of sp³-hybridized carbons (Fsp3) is 0.458. The number of hydrogen-bond acceptors (Lipinski definition) is 6. The lowest BCUT2D eigenvalue weighted by atomic mass is 10.1. The number of rotatable bonds is 11. The van der Waals surface area contributed by atoms with Crippen molar-refractivity contribution < 1.29 is 23.9 Å². The van der Waals surface area contributed by atoms with E-state index in [1.807, 2.05) is 24.3 Å². The maximum absolute atomic E-state index is 13.0. The summed E-state index contributed by atoms with van der Waals surface area (Å²) in [5.74, 6) is 0.0605. The third-order valence-corrected chi connectivity index (χ3v) is 5.72. The highest BCUT2D eigenvalue weighted by Crippen LogP contribution is 2.20. The average molecular weight is 455 g/mol. The average Bonchev–Trinajstić information content (AvgIpc) is 3.48. The molecule has 0 saturated carbocycles. The summed E-state index contributed by atoms with van der Waals surface area (Å²) in [7, 11) is 1.64. The maximum Gasteiger partial charge on any atom is 0.290 e. The van der Waals surface area contributed by atoms with E-state index in [2.05, 4.69) is 15.3 Å². The van der Waals surface area contributed by atoms with Gasteiger partial charge in [-0.25, -0.2) is 4.98 Å². The van der Waals surface area contributed by atoms with Crippen LogP contribution in [0.3, 0.4) is 0 Å². The molecule has 1 fully saturated rings. The number of aryl methyl sites for hydroxylation is 2. The molecule has 0 spiro atoms. The zero-order valence-corrected chi connectivity index (χ0v) is 19.0. The van der Waals surface area contributed by atoms with Gasteiger partial charge in [0.05, 0.1) is 13.2 Å². The van der Waals surface area contributed by atoms with Gasteiger partial charge in [-0.2, -0.15) is 0 Å². The van der Waals surface area contributed by atoms with E-state index in [9.17, 15) is 19.2 Å². The van der Waals surface area contributed by atoms with Crippen molar-refractivity contribution >= 4 is 23.9 Å². The van der Waals surface area contributed by atoms with E-state index in [-0.39, 0.29) is 23.9 Å². The molecular formula is C24H30N4O5. The second kappa shape index (κ2) is 11.4. The van der Waals surface area contributed by atoms with Gasteiger partial charge >= 0.3 is 0 Å². The summed E-state index contributed by atoms with van der Waals surface area (Å²) in [6.07, 6.45) is 5.83. The van der Waals surface area contributed by atoms with E-state index in [4.69, 9.17) is 4.74 Å². The molecule has 1 saturated heterocycles. The van der Waals surface area contributed by atoms with Crippen molar-refractivity contribution in [3.63, 3.8) is 0 Å². The third-order valence-electron chi connectivity index (χ3n) is 5.72. The van der Waals surface area contributed by atoms with Crippen LogP contribution in [0.4, 0.5) is 0 Å². The number of hydrogen-bond donors (Lipinski definition) is 2. The van der Waals surface area contributed by atoms with Crippen molar-refractivity contribution in [1.82, 2.24) is 20.2 Å². The molecule has 9 heteroatoms. The lowest BCUT2D eigenvalue weighted by Crippen LogP contribution is -2.49. The number of Topliss-reactive ketones (excluding diaryl/α,β-unsaturated/α-hetero) is 1. The Morgan fingerprint density at radius 2 is 2.03 bits per heavy atom. The zero-order chi connectivity index (χ0) is 23.8. The molecule has 2 atom stereocenters. The predicted molar refractivity (Wildman–Crippen MR) is 121 cm³/mol. The van der Waals surface area contributed by atoms with Gasteiger partial charge in [-0.3, -0.25) is 14.4 Å². The Labute approximate surface area is 192 Å². The normalized spacial score (nSPS) is 16.3. The topological polar surface area (TPSA) is 121 Å². The molecule has 0 bridgehead atoms. The molecular weight excluding hydrogens is 424 g/mol. The van der Waals surface area contributed by atoms with Gasteiger partial charge in [0.2, 0.25) is 5.91 Å². The predicted octanol–water partition coefficient (Wildman–Crippen LogP) is 1.86. The van der Waals surface area contributed by atoms with Crippen molar-refractivity contribution in [2.24, 2.45) is 0 Å². The van der Waals surface area contributed by atoms with Crippen LogP contribution in [-0.4, -0.2) is 64.5 Å². The molecule has 1 aliphatic rings. The Morgan fingerprint density at radius 1 is 1.27 bits per heavy atom. The van der Waals surface area contributed by atoms with Crippen LogP contribution in [0.5, 0.6) is 5.75 Å². The van der Waals surface area contributed by atoms with Crippen LogP contribution in [0.25, 0.3) is 0 Å². The highest BCUT2D eigenvalue weighted by Gasteiger charge is 2.36. The van der Waals surface area contributed by atoms with E-state index in [1.165, 1.54) is 17.4 Å². The first kappa shape index (κ1) is 24.2. The molecule has 0 aliphatic carbocycles. The van der Waals surface area contributed by atoms with Crippen LogP contribution in [0.15, 0.2) is 30.5 Å². The quantitative estimate of drug-likeness (QED) is 0.500. The zero-order valence-electron chi connectivity index (χ0n) is 19.0. The molecule has 2 amide bonds. The summed E-state index contributed by atoms with van der Waals surface area (Å²) in [6.45, 7) is 1.79. The lowest BCUT2D eigenvalue weighted by molar-refractivity contribution is -0.128. The van der Waals surface area contributed by atoms with Crippen LogP contribution in [0.1, 0.15) is 54.5 Å². The number of nitrogens with one attached hydrogen (secondary N) is 2.